The molecule has 2 atom stereocenters. The lowest BCUT2D eigenvalue weighted by Gasteiger charge is -2.37. The second-order valence-corrected chi connectivity index (χ2v) is 7.75. The molecule has 1 aliphatic rings. The number of nitrogens with zero attached hydrogens (tertiary/aromatic N) is 1. The lowest BCUT2D eigenvalue weighted by Crippen LogP contribution is -2.57. The largest absolute Gasteiger partial charge is 0.311 e. The quantitative estimate of drug-likeness (QED) is 0.854. The lowest BCUT2D eigenvalue weighted by atomic mass is 10.1. The highest BCUT2D eigenvalue weighted by Gasteiger charge is 2.35. The van der Waals surface area contributed by atoms with Gasteiger partial charge in [0, 0.05) is 29.6 Å². The van der Waals surface area contributed by atoms with Gasteiger partial charge in [0.05, 0.1) is 4.90 Å². The molecule has 0 radical (unpaired) electrons. The van der Waals surface area contributed by atoms with Crippen LogP contribution in [-0.2, 0) is 10.0 Å². The summed E-state index contributed by atoms with van der Waals surface area (Å²) in [6.07, 6.45) is 0. The Hall–Kier alpha value is -0.140. The lowest BCUT2D eigenvalue weighted by molar-refractivity contribution is 0.232. The van der Waals surface area contributed by atoms with Gasteiger partial charge < -0.3 is 5.32 Å². The van der Waals surface area contributed by atoms with Gasteiger partial charge in [0.15, 0.2) is 0 Å². The molecule has 0 spiro atoms. The van der Waals surface area contributed by atoms with Gasteiger partial charge in [0.2, 0.25) is 10.0 Å². The number of hydrogen-bond acceptors (Lipinski definition) is 3. The molecule has 0 amide bonds. The smallest absolute Gasteiger partial charge is 0.244 e. The molecule has 1 N–H and O–H groups in total. The van der Waals surface area contributed by atoms with Crippen molar-refractivity contribution >= 4 is 38.4 Å². The number of rotatable bonds is 2. The Morgan fingerprint density at radius 1 is 1.35 bits per heavy atom. The maximum absolute atomic E-state index is 12.8. The van der Waals surface area contributed by atoms with E-state index in [1.807, 2.05) is 26.8 Å². The number of benzene rings is 1. The normalized spacial score (nSPS) is 24.2. The third-order valence-electron chi connectivity index (χ3n) is 3.65. The summed E-state index contributed by atoms with van der Waals surface area (Å²) in [6, 6.07) is 5.52. The van der Waals surface area contributed by atoms with Crippen LogP contribution in [0, 0.1) is 6.92 Å². The molecular formula is C13H20BrClN2O2S. The van der Waals surface area contributed by atoms with E-state index in [4.69, 9.17) is 0 Å². The summed E-state index contributed by atoms with van der Waals surface area (Å²) in [6.45, 7) is 7.05. The van der Waals surface area contributed by atoms with Crippen molar-refractivity contribution in [2.75, 3.05) is 13.1 Å². The standard InChI is InChI=1S/C13H19BrN2O2S.ClH/c1-9-4-5-12(14)13(8-9)19(17,18)16-7-6-15-10(2)11(16)3;/h4-5,8,10-11,15H,6-7H2,1-3H3;1H. The summed E-state index contributed by atoms with van der Waals surface area (Å²) < 4.78 is 27.8. The number of aryl methyl sites for hydroxylation is 1. The van der Waals surface area contributed by atoms with E-state index in [2.05, 4.69) is 21.2 Å². The van der Waals surface area contributed by atoms with Gasteiger partial charge in [-0.2, -0.15) is 4.31 Å². The molecule has 0 aromatic heterocycles. The number of halogens is 2. The molecule has 1 saturated heterocycles. The molecule has 1 aliphatic heterocycles. The number of hydrogen-bond donors (Lipinski definition) is 1. The molecule has 1 heterocycles. The first-order valence-corrected chi connectivity index (χ1v) is 8.58. The van der Waals surface area contributed by atoms with Gasteiger partial charge in [0.25, 0.3) is 0 Å². The molecule has 114 valence electrons. The van der Waals surface area contributed by atoms with E-state index in [0.29, 0.717) is 22.5 Å². The molecule has 20 heavy (non-hydrogen) atoms. The summed E-state index contributed by atoms with van der Waals surface area (Å²) in [5.41, 5.74) is 0.942. The fourth-order valence-electron chi connectivity index (χ4n) is 2.30. The summed E-state index contributed by atoms with van der Waals surface area (Å²) in [7, 11) is -3.45. The van der Waals surface area contributed by atoms with Crippen LogP contribution in [0.2, 0.25) is 0 Å². The van der Waals surface area contributed by atoms with E-state index >= 15 is 0 Å². The maximum Gasteiger partial charge on any atom is 0.244 e. The van der Waals surface area contributed by atoms with Crippen LogP contribution in [0.4, 0.5) is 0 Å². The van der Waals surface area contributed by atoms with Crippen LogP contribution in [0.5, 0.6) is 0 Å². The van der Waals surface area contributed by atoms with Crippen molar-refractivity contribution in [3.63, 3.8) is 0 Å². The van der Waals surface area contributed by atoms with Gasteiger partial charge in [-0.1, -0.05) is 6.07 Å². The van der Waals surface area contributed by atoms with Gasteiger partial charge in [-0.3, -0.25) is 0 Å². The fourth-order valence-corrected chi connectivity index (χ4v) is 5.01. The average molecular weight is 384 g/mol. The molecule has 0 bridgehead atoms. The van der Waals surface area contributed by atoms with Crippen molar-refractivity contribution in [2.24, 2.45) is 0 Å². The van der Waals surface area contributed by atoms with Crippen molar-refractivity contribution in [1.82, 2.24) is 9.62 Å². The Kier molecular flexibility index (Phi) is 6.04. The fraction of sp³-hybridized carbons (Fsp3) is 0.538. The highest BCUT2D eigenvalue weighted by molar-refractivity contribution is 9.10. The van der Waals surface area contributed by atoms with Gasteiger partial charge in [-0.05, 0) is 54.4 Å². The minimum atomic E-state index is -3.45. The predicted molar refractivity (Wildman–Crippen MR) is 86.9 cm³/mol. The average Bonchev–Trinajstić information content (AvgIpc) is 2.35. The molecule has 2 rings (SSSR count). The Morgan fingerprint density at radius 2 is 2.00 bits per heavy atom. The predicted octanol–water partition coefficient (Wildman–Crippen LogP) is 2.55. The number of sulfonamides is 1. The van der Waals surface area contributed by atoms with Crippen molar-refractivity contribution in [1.29, 1.82) is 0 Å². The first-order valence-electron chi connectivity index (χ1n) is 6.35. The zero-order valence-electron chi connectivity index (χ0n) is 11.8. The Balaban J connectivity index is 0.00000200. The molecular weight excluding hydrogens is 364 g/mol. The van der Waals surface area contributed by atoms with E-state index in [1.165, 1.54) is 0 Å². The molecule has 7 heteroatoms. The third-order valence-corrected chi connectivity index (χ3v) is 6.63. The van der Waals surface area contributed by atoms with Gasteiger partial charge in [-0.15, -0.1) is 12.4 Å². The topological polar surface area (TPSA) is 49.4 Å². The molecule has 0 aliphatic carbocycles. The van der Waals surface area contributed by atoms with E-state index in [9.17, 15) is 8.42 Å². The Bertz CT molecular complexity index is 580. The summed E-state index contributed by atoms with van der Waals surface area (Å²) in [5.74, 6) is 0. The summed E-state index contributed by atoms with van der Waals surface area (Å²) in [4.78, 5) is 0.355. The minimum Gasteiger partial charge on any atom is -0.311 e. The van der Waals surface area contributed by atoms with E-state index < -0.39 is 10.0 Å². The van der Waals surface area contributed by atoms with Crippen LogP contribution < -0.4 is 5.32 Å². The van der Waals surface area contributed by atoms with Crippen molar-refractivity contribution in [3.05, 3.63) is 28.2 Å². The van der Waals surface area contributed by atoms with Crippen LogP contribution >= 0.6 is 28.3 Å². The van der Waals surface area contributed by atoms with Crippen molar-refractivity contribution in [3.8, 4) is 0 Å². The summed E-state index contributed by atoms with van der Waals surface area (Å²) in [5, 5.41) is 3.29. The minimum absolute atomic E-state index is 0. The zero-order valence-corrected chi connectivity index (χ0v) is 15.0. The van der Waals surface area contributed by atoms with Crippen LogP contribution in [0.25, 0.3) is 0 Å². The van der Waals surface area contributed by atoms with Crippen LogP contribution in [0.15, 0.2) is 27.6 Å². The molecule has 0 saturated carbocycles. The maximum atomic E-state index is 12.8. The monoisotopic (exact) mass is 382 g/mol. The second kappa shape index (κ2) is 6.75. The Labute approximate surface area is 135 Å². The molecule has 1 aromatic rings. The van der Waals surface area contributed by atoms with E-state index in [1.54, 1.807) is 16.4 Å². The van der Waals surface area contributed by atoms with Gasteiger partial charge in [-0.25, -0.2) is 8.42 Å². The molecule has 1 fully saturated rings. The zero-order chi connectivity index (χ0) is 14.2. The van der Waals surface area contributed by atoms with E-state index in [-0.39, 0.29) is 24.5 Å². The first-order chi connectivity index (χ1) is 8.84. The highest BCUT2D eigenvalue weighted by Crippen LogP contribution is 2.28. The molecule has 1 aromatic carbocycles. The van der Waals surface area contributed by atoms with Gasteiger partial charge >= 0.3 is 0 Å². The van der Waals surface area contributed by atoms with Gasteiger partial charge in [0.1, 0.15) is 0 Å². The van der Waals surface area contributed by atoms with E-state index in [0.717, 1.165) is 5.56 Å². The Morgan fingerprint density at radius 3 is 2.65 bits per heavy atom. The first kappa shape index (κ1) is 17.9. The summed E-state index contributed by atoms with van der Waals surface area (Å²) >= 11 is 3.35. The highest BCUT2D eigenvalue weighted by atomic mass is 79.9. The second-order valence-electron chi connectivity index (χ2n) is 5.03. The van der Waals surface area contributed by atoms with Crippen molar-refractivity contribution in [2.45, 2.75) is 37.8 Å². The SMILES string of the molecule is Cc1ccc(Br)c(S(=O)(=O)N2CCNC(C)C2C)c1.Cl. The third kappa shape index (κ3) is 3.36. The number of nitrogens with one attached hydrogen (secondary N) is 1. The van der Waals surface area contributed by atoms with Crippen LogP contribution in [0.1, 0.15) is 19.4 Å². The van der Waals surface area contributed by atoms with Crippen LogP contribution in [-0.4, -0.2) is 37.9 Å². The molecule has 4 nitrogen and oxygen atoms in total. The van der Waals surface area contributed by atoms with Crippen LogP contribution in [0.3, 0.4) is 0 Å². The molecule has 2 unspecified atom stereocenters. The number of piperazine rings is 1. The van der Waals surface area contributed by atoms with Crippen molar-refractivity contribution < 1.29 is 8.42 Å².